The maximum absolute atomic E-state index is 5.98. The Balaban J connectivity index is 2.92. The van der Waals surface area contributed by atoms with E-state index in [9.17, 15) is 0 Å². The molecule has 0 atom stereocenters. The van der Waals surface area contributed by atoms with E-state index in [4.69, 9.17) is 17.3 Å². The largest absolute Gasteiger partial charge is 0.384 e. The second-order valence-electron chi connectivity index (χ2n) is 2.66. The van der Waals surface area contributed by atoms with Crippen molar-refractivity contribution in [3.05, 3.63) is 33.8 Å². The lowest BCUT2D eigenvalue weighted by molar-refractivity contribution is 1.40. The van der Waals surface area contributed by atoms with Crippen molar-refractivity contribution >= 4 is 44.3 Å². The summed E-state index contributed by atoms with van der Waals surface area (Å²) >= 11 is 9.37. The summed E-state index contributed by atoms with van der Waals surface area (Å²) in [5, 5.41) is 1.59. The molecule has 0 spiro atoms. The minimum atomic E-state index is 0.496. The van der Waals surface area contributed by atoms with Crippen LogP contribution in [-0.2, 0) is 0 Å². The predicted molar refractivity (Wildman–Crippen MR) is 58.9 cm³/mol. The van der Waals surface area contributed by atoms with Gasteiger partial charge in [-0.05, 0) is 40.2 Å². The maximum atomic E-state index is 5.98. The molecule has 13 heavy (non-hydrogen) atoms. The van der Waals surface area contributed by atoms with Crippen LogP contribution in [0.3, 0.4) is 0 Å². The van der Waals surface area contributed by atoms with Crippen LogP contribution in [0.4, 0.5) is 5.82 Å². The first kappa shape index (κ1) is 8.78. The summed E-state index contributed by atoms with van der Waals surface area (Å²) in [5.74, 6) is 0.496. The van der Waals surface area contributed by atoms with Crippen LogP contribution in [0.2, 0.25) is 5.02 Å². The van der Waals surface area contributed by atoms with Crippen LogP contribution < -0.4 is 5.73 Å². The molecule has 2 rings (SSSR count). The van der Waals surface area contributed by atoms with Gasteiger partial charge in [0.05, 0.1) is 10.5 Å². The van der Waals surface area contributed by atoms with Crippen LogP contribution in [0.15, 0.2) is 28.7 Å². The average Bonchev–Trinajstić information content (AvgIpc) is 2.12. The molecule has 1 aromatic carbocycles. The van der Waals surface area contributed by atoms with Gasteiger partial charge in [0.15, 0.2) is 0 Å². The van der Waals surface area contributed by atoms with Crippen molar-refractivity contribution < 1.29 is 0 Å². The lowest BCUT2D eigenvalue weighted by Crippen LogP contribution is -1.90. The standard InChI is InChI=1S/C9H6BrClN2/c10-6-2-3-7(11)5-1-4-8(12)13-9(5)6/h1-4H,(H2,12,13). The molecule has 0 aliphatic carbocycles. The Morgan fingerprint density at radius 3 is 2.77 bits per heavy atom. The fourth-order valence-corrected chi connectivity index (χ4v) is 1.81. The number of aromatic nitrogens is 1. The van der Waals surface area contributed by atoms with E-state index in [1.807, 2.05) is 18.2 Å². The van der Waals surface area contributed by atoms with Gasteiger partial charge in [0.1, 0.15) is 5.82 Å². The van der Waals surface area contributed by atoms with E-state index in [1.54, 1.807) is 6.07 Å². The highest BCUT2D eigenvalue weighted by Gasteiger charge is 2.03. The molecule has 1 aromatic heterocycles. The number of benzene rings is 1. The van der Waals surface area contributed by atoms with Gasteiger partial charge in [-0.15, -0.1) is 0 Å². The molecule has 4 heteroatoms. The first-order chi connectivity index (χ1) is 6.18. The molecule has 2 N–H and O–H groups in total. The summed E-state index contributed by atoms with van der Waals surface area (Å²) in [4.78, 5) is 4.18. The zero-order valence-electron chi connectivity index (χ0n) is 6.59. The molecular weight excluding hydrogens is 251 g/mol. The van der Waals surface area contributed by atoms with Crippen molar-refractivity contribution in [2.45, 2.75) is 0 Å². The molecule has 0 unspecified atom stereocenters. The molecule has 0 bridgehead atoms. The summed E-state index contributed by atoms with van der Waals surface area (Å²) < 4.78 is 0.902. The molecule has 2 nitrogen and oxygen atoms in total. The van der Waals surface area contributed by atoms with Gasteiger partial charge in [-0.2, -0.15) is 0 Å². The zero-order valence-corrected chi connectivity index (χ0v) is 8.93. The monoisotopic (exact) mass is 256 g/mol. The van der Waals surface area contributed by atoms with Crippen molar-refractivity contribution in [3.8, 4) is 0 Å². The molecule has 0 aliphatic rings. The van der Waals surface area contributed by atoms with Gasteiger partial charge >= 0.3 is 0 Å². The molecular formula is C9H6BrClN2. The van der Waals surface area contributed by atoms with Crippen LogP contribution in [-0.4, -0.2) is 4.98 Å². The number of hydrogen-bond acceptors (Lipinski definition) is 2. The van der Waals surface area contributed by atoms with Crippen LogP contribution in [0.5, 0.6) is 0 Å². The van der Waals surface area contributed by atoms with Crippen molar-refractivity contribution in [1.29, 1.82) is 0 Å². The number of nitrogens with two attached hydrogens (primary N) is 1. The van der Waals surface area contributed by atoms with Gasteiger partial charge in [0.2, 0.25) is 0 Å². The minimum Gasteiger partial charge on any atom is -0.384 e. The van der Waals surface area contributed by atoms with E-state index >= 15 is 0 Å². The smallest absolute Gasteiger partial charge is 0.124 e. The van der Waals surface area contributed by atoms with E-state index in [0.717, 1.165) is 15.4 Å². The van der Waals surface area contributed by atoms with E-state index < -0.39 is 0 Å². The Kier molecular flexibility index (Phi) is 2.14. The lowest BCUT2D eigenvalue weighted by atomic mass is 10.2. The molecule has 0 radical (unpaired) electrons. The van der Waals surface area contributed by atoms with Crippen molar-refractivity contribution in [1.82, 2.24) is 4.98 Å². The van der Waals surface area contributed by atoms with Gasteiger partial charge in [0.25, 0.3) is 0 Å². The number of nitrogen functional groups attached to an aromatic ring is 1. The molecule has 0 saturated heterocycles. The van der Waals surface area contributed by atoms with Crippen molar-refractivity contribution in [3.63, 3.8) is 0 Å². The van der Waals surface area contributed by atoms with Crippen LogP contribution in [0.1, 0.15) is 0 Å². The van der Waals surface area contributed by atoms with Gasteiger partial charge in [0, 0.05) is 9.86 Å². The molecule has 1 heterocycles. The maximum Gasteiger partial charge on any atom is 0.124 e. The number of pyridine rings is 1. The second kappa shape index (κ2) is 3.16. The van der Waals surface area contributed by atoms with Crippen molar-refractivity contribution in [2.24, 2.45) is 0 Å². The summed E-state index contributed by atoms with van der Waals surface area (Å²) in [7, 11) is 0. The molecule has 0 aliphatic heterocycles. The fraction of sp³-hybridized carbons (Fsp3) is 0. The average molecular weight is 258 g/mol. The lowest BCUT2D eigenvalue weighted by Gasteiger charge is -2.02. The highest BCUT2D eigenvalue weighted by molar-refractivity contribution is 9.10. The van der Waals surface area contributed by atoms with Crippen LogP contribution in [0, 0.1) is 0 Å². The summed E-state index contributed by atoms with van der Waals surface area (Å²) in [6, 6.07) is 7.29. The molecule has 0 amide bonds. The third-order valence-corrected chi connectivity index (χ3v) is 2.75. The van der Waals surface area contributed by atoms with E-state index in [-0.39, 0.29) is 0 Å². The Morgan fingerprint density at radius 1 is 1.23 bits per heavy atom. The van der Waals surface area contributed by atoms with Crippen molar-refractivity contribution in [2.75, 3.05) is 5.73 Å². The number of hydrogen-bond donors (Lipinski definition) is 1. The van der Waals surface area contributed by atoms with Gasteiger partial charge in [-0.25, -0.2) is 4.98 Å². The SMILES string of the molecule is Nc1ccc2c(Cl)ccc(Br)c2n1. The Hall–Kier alpha value is -0.800. The number of nitrogens with zero attached hydrogens (tertiary/aromatic N) is 1. The normalized spacial score (nSPS) is 10.6. The first-order valence-corrected chi connectivity index (χ1v) is 4.86. The second-order valence-corrected chi connectivity index (χ2v) is 3.92. The van der Waals surface area contributed by atoms with Gasteiger partial charge in [-0.3, -0.25) is 0 Å². The number of fused-ring (bicyclic) bond motifs is 1. The zero-order chi connectivity index (χ0) is 9.42. The number of rotatable bonds is 0. The molecule has 0 fully saturated rings. The van der Waals surface area contributed by atoms with E-state index in [2.05, 4.69) is 20.9 Å². The van der Waals surface area contributed by atoms with Crippen LogP contribution >= 0.6 is 27.5 Å². The topological polar surface area (TPSA) is 38.9 Å². The fourth-order valence-electron chi connectivity index (χ4n) is 1.16. The third-order valence-electron chi connectivity index (χ3n) is 1.78. The highest BCUT2D eigenvalue weighted by atomic mass is 79.9. The first-order valence-electron chi connectivity index (χ1n) is 3.69. The van der Waals surface area contributed by atoms with E-state index in [1.165, 1.54) is 0 Å². The predicted octanol–water partition coefficient (Wildman–Crippen LogP) is 3.23. The summed E-state index contributed by atoms with van der Waals surface area (Å²) in [6.07, 6.45) is 0. The number of anilines is 1. The Bertz CT molecular complexity index is 470. The quantitative estimate of drug-likeness (QED) is 0.787. The minimum absolute atomic E-state index is 0.496. The summed E-state index contributed by atoms with van der Waals surface area (Å²) in [6.45, 7) is 0. The molecule has 0 saturated carbocycles. The molecule has 2 aromatic rings. The van der Waals surface area contributed by atoms with Gasteiger partial charge < -0.3 is 5.73 Å². The molecule has 66 valence electrons. The van der Waals surface area contributed by atoms with Crippen LogP contribution in [0.25, 0.3) is 10.9 Å². The summed E-state index contributed by atoms with van der Waals surface area (Å²) in [5.41, 5.74) is 6.37. The Labute approximate surface area is 88.8 Å². The van der Waals surface area contributed by atoms with E-state index in [0.29, 0.717) is 10.8 Å². The Morgan fingerprint density at radius 2 is 2.00 bits per heavy atom. The highest BCUT2D eigenvalue weighted by Crippen LogP contribution is 2.28. The van der Waals surface area contributed by atoms with Gasteiger partial charge in [-0.1, -0.05) is 11.6 Å². The number of halogens is 2. The third kappa shape index (κ3) is 1.49.